The molecule has 2 fully saturated rings. The molecule has 2 aromatic rings. The summed E-state index contributed by atoms with van der Waals surface area (Å²) in [6.45, 7) is 4.30. The van der Waals surface area contributed by atoms with Gasteiger partial charge in [-0.05, 0) is 79.6 Å². The maximum Gasteiger partial charge on any atom is 0.230 e. The quantitative estimate of drug-likeness (QED) is 0.707. The second-order valence-corrected chi connectivity index (χ2v) is 9.06. The Hall–Kier alpha value is -1.65. The first kappa shape index (κ1) is 17.4. The molecule has 1 saturated carbocycles. The fourth-order valence-corrected chi connectivity index (χ4v) is 5.26. The van der Waals surface area contributed by atoms with Gasteiger partial charge in [0.15, 0.2) is 0 Å². The zero-order chi connectivity index (χ0) is 18.4. The van der Waals surface area contributed by atoms with E-state index in [1.807, 2.05) is 6.07 Å². The minimum atomic E-state index is 0.146. The second kappa shape index (κ2) is 7.06. The summed E-state index contributed by atoms with van der Waals surface area (Å²) in [5.41, 5.74) is 5.27. The van der Waals surface area contributed by atoms with Crippen LogP contribution in [0.5, 0.6) is 0 Å². The third-order valence-corrected chi connectivity index (χ3v) is 6.86. The van der Waals surface area contributed by atoms with Gasteiger partial charge >= 0.3 is 0 Å². The summed E-state index contributed by atoms with van der Waals surface area (Å²) in [6, 6.07) is 14.9. The van der Waals surface area contributed by atoms with Crippen LogP contribution in [0.2, 0.25) is 0 Å². The number of amides is 1. The highest BCUT2D eigenvalue weighted by molar-refractivity contribution is 9.10. The third kappa shape index (κ3) is 3.34. The van der Waals surface area contributed by atoms with E-state index < -0.39 is 0 Å². The predicted octanol–water partition coefficient (Wildman–Crippen LogP) is 4.74. The Bertz CT molecular complexity index is 874. The summed E-state index contributed by atoms with van der Waals surface area (Å²) in [7, 11) is 0. The molecule has 5 rings (SSSR count). The fraction of sp³-hybridized carbons (Fsp3) is 0.435. The molecule has 2 atom stereocenters. The summed E-state index contributed by atoms with van der Waals surface area (Å²) in [5.74, 6) is 0.844. The van der Waals surface area contributed by atoms with Crippen LogP contribution in [0.1, 0.15) is 41.9 Å². The Morgan fingerprint density at radius 1 is 1.07 bits per heavy atom. The SMILES string of the molecule is O=C([C@@H]1C[C@@H]1c1cccc(Br)c1)N1CCc2c(CN3CCCC3)cccc21. The fourth-order valence-electron chi connectivity index (χ4n) is 4.84. The Morgan fingerprint density at radius 2 is 1.89 bits per heavy atom. The summed E-state index contributed by atoms with van der Waals surface area (Å²) in [4.78, 5) is 17.8. The van der Waals surface area contributed by atoms with Crippen molar-refractivity contribution in [1.82, 2.24) is 4.90 Å². The summed E-state index contributed by atoms with van der Waals surface area (Å²) in [5, 5.41) is 0. The van der Waals surface area contributed by atoms with Gasteiger partial charge in [-0.1, -0.05) is 40.2 Å². The number of rotatable bonds is 4. The Labute approximate surface area is 169 Å². The molecule has 1 aliphatic carbocycles. The third-order valence-electron chi connectivity index (χ3n) is 6.37. The molecule has 0 radical (unpaired) electrons. The Balaban J connectivity index is 1.33. The molecule has 3 nitrogen and oxygen atoms in total. The molecule has 140 valence electrons. The van der Waals surface area contributed by atoms with Crippen molar-refractivity contribution in [1.29, 1.82) is 0 Å². The molecule has 1 amide bonds. The zero-order valence-electron chi connectivity index (χ0n) is 15.5. The summed E-state index contributed by atoms with van der Waals surface area (Å²) < 4.78 is 1.09. The highest BCUT2D eigenvalue weighted by atomic mass is 79.9. The van der Waals surface area contributed by atoms with E-state index in [0.29, 0.717) is 11.8 Å². The monoisotopic (exact) mass is 424 g/mol. The molecule has 27 heavy (non-hydrogen) atoms. The average Bonchev–Trinajstić information content (AvgIpc) is 3.08. The normalized spacial score (nSPS) is 24.3. The number of hydrogen-bond acceptors (Lipinski definition) is 2. The van der Waals surface area contributed by atoms with Crippen LogP contribution in [-0.4, -0.2) is 30.4 Å². The van der Waals surface area contributed by atoms with Crippen LogP contribution in [0.15, 0.2) is 46.9 Å². The van der Waals surface area contributed by atoms with E-state index in [1.54, 1.807) is 0 Å². The molecule has 0 spiro atoms. The minimum absolute atomic E-state index is 0.146. The van der Waals surface area contributed by atoms with Crippen LogP contribution in [0.4, 0.5) is 5.69 Å². The molecule has 2 aliphatic heterocycles. The lowest BCUT2D eigenvalue weighted by Crippen LogP contribution is -2.30. The van der Waals surface area contributed by atoms with E-state index in [4.69, 9.17) is 0 Å². The number of likely N-dealkylation sites (tertiary alicyclic amines) is 1. The van der Waals surface area contributed by atoms with Gasteiger partial charge in [0.25, 0.3) is 0 Å². The van der Waals surface area contributed by atoms with Gasteiger partial charge in [-0.2, -0.15) is 0 Å². The first-order chi connectivity index (χ1) is 13.2. The molecule has 0 N–H and O–H groups in total. The van der Waals surface area contributed by atoms with Gasteiger partial charge in [0.2, 0.25) is 5.91 Å². The second-order valence-electron chi connectivity index (χ2n) is 8.14. The Morgan fingerprint density at radius 3 is 2.70 bits per heavy atom. The average molecular weight is 425 g/mol. The van der Waals surface area contributed by atoms with Gasteiger partial charge in [0, 0.05) is 29.2 Å². The van der Waals surface area contributed by atoms with E-state index >= 15 is 0 Å². The molecule has 4 heteroatoms. The van der Waals surface area contributed by atoms with Crippen LogP contribution in [-0.2, 0) is 17.8 Å². The number of halogens is 1. The van der Waals surface area contributed by atoms with E-state index in [2.05, 4.69) is 62.1 Å². The van der Waals surface area contributed by atoms with Crippen LogP contribution in [0.3, 0.4) is 0 Å². The van der Waals surface area contributed by atoms with Gasteiger partial charge in [-0.3, -0.25) is 9.69 Å². The highest BCUT2D eigenvalue weighted by Crippen LogP contribution is 2.50. The standard InChI is InChI=1S/C23H25BrN2O/c24-18-7-3-5-16(13-18)20-14-21(20)23(27)26-12-9-19-17(6-4-8-22(19)26)15-25-10-1-2-11-25/h3-8,13,20-21H,1-2,9-12,14-15H2/t20-,21-/m1/s1. The van der Waals surface area contributed by atoms with Crippen molar-refractivity contribution in [3.05, 3.63) is 63.6 Å². The van der Waals surface area contributed by atoms with Gasteiger partial charge in [0.1, 0.15) is 0 Å². The van der Waals surface area contributed by atoms with E-state index in [0.717, 1.165) is 36.1 Å². The van der Waals surface area contributed by atoms with E-state index in [-0.39, 0.29) is 5.92 Å². The number of fused-ring (bicyclic) bond motifs is 1. The van der Waals surface area contributed by atoms with Gasteiger partial charge < -0.3 is 4.90 Å². The predicted molar refractivity (Wildman–Crippen MR) is 112 cm³/mol. The topological polar surface area (TPSA) is 23.6 Å². The molecular formula is C23H25BrN2O. The van der Waals surface area contributed by atoms with Crippen molar-refractivity contribution >= 4 is 27.5 Å². The van der Waals surface area contributed by atoms with Crippen molar-refractivity contribution in [2.75, 3.05) is 24.5 Å². The molecule has 0 bridgehead atoms. The molecule has 0 aromatic heterocycles. The number of nitrogens with zero attached hydrogens (tertiary/aromatic N) is 2. The number of benzene rings is 2. The van der Waals surface area contributed by atoms with Crippen LogP contribution < -0.4 is 4.90 Å². The van der Waals surface area contributed by atoms with Crippen molar-refractivity contribution < 1.29 is 4.79 Å². The Kier molecular flexibility index (Phi) is 4.57. The van der Waals surface area contributed by atoms with Crippen LogP contribution in [0.25, 0.3) is 0 Å². The molecular weight excluding hydrogens is 400 g/mol. The van der Waals surface area contributed by atoms with Crippen molar-refractivity contribution in [2.45, 2.75) is 38.1 Å². The van der Waals surface area contributed by atoms with E-state index in [9.17, 15) is 4.79 Å². The van der Waals surface area contributed by atoms with Gasteiger partial charge in [-0.15, -0.1) is 0 Å². The molecule has 2 heterocycles. The first-order valence-electron chi connectivity index (χ1n) is 10.1. The number of anilines is 1. The molecule has 1 saturated heterocycles. The van der Waals surface area contributed by atoms with Gasteiger partial charge in [-0.25, -0.2) is 0 Å². The smallest absolute Gasteiger partial charge is 0.230 e. The number of hydrogen-bond donors (Lipinski definition) is 0. The number of carbonyl (C=O) groups excluding carboxylic acids is 1. The first-order valence-corrected chi connectivity index (χ1v) is 10.9. The maximum absolute atomic E-state index is 13.2. The minimum Gasteiger partial charge on any atom is -0.312 e. The lowest BCUT2D eigenvalue weighted by molar-refractivity contribution is -0.119. The zero-order valence-corrected chi connectivity index (χ0v) is 17.1. The highest BCUT2D eigenvalue weighted by Gasteiger charge is 2.47. The number of carbonyl (C=O) groups is 1. The van der Waals surface area contributed by atoms with Crippen LogP contribution in [0, 0.1) is 5.92 Å². The van der Waals surface area contributed by atoms with E-state index in [1.165, 1.54) is 42.6 Å². The van der Waals surface area contributed by atoms with Gasteiger partial charge in [0.05, 0.1) is 0 Å². The van der Waals surface area contributed by atoms with Crippen molar-refractivity contribution in [2.24, 2.45) is 5.92 Å². The lowest BCUT2D eigenvalue weighted by Gasteiger charge is -2.20. The molecule has 2 aromatic carbocycles. The summed E-state index contributed by atoms with van der Waals surface area (Å²) in [6.07, 6.45) is 4.62. The molecule has 0 unspecified atom stereocenters. The van der Waals surface area contributed by atoms with Crippen LogP contribution >= 0.6 is 15.9 Å². The van der Waals surface area contributed by atoms with Crippen molar-refractivity contribution in [3.8, 4) is 0 Å². The maximum atomic E-state index is 13.2. The summed E-state index contributed by atoms with van der Waals surface area (Å²) >= 11 is 3.55. The lowest BCUT2D eigenvalue weighted by atomic mass is 10.0. The largest absolute Gasteiger partial charge is 0.312 e. The van der Waals surface area contributed by atoms with Crippen molar-refractivity contribution in [3.63, 3.8) is 0 Å². The molecule has 3 aliphatic rings.